The number of carbonyl (C=O) groups excluding carboxylic acids is 1. The van der Waals surface area contributed by atoms with Crippen LogP contribution in [0.15, 0.2) is 24.8 Å². The van der Waals surface area contributed by atoms with Gasteiger partial charge in [0.1, 0.15) is 6.61 Å². The minimum atomic E-state index is -0.274. The molecule has 1 fully saturated rings. The summed E-state index contributed by atoms with van der Waals surface area (Å²) in [6.45, 7) is 7.86. The van der Waals surface area contributed by atoms with Gasteiger partial charge in [0.05, 0.1) is 17.7 Å². The van der Waals surface area contributed by atoms with E-state index in [9.17, 15) is 4.79 Å². The van der Waals surface area contributed by atoms with Crippen molar-refractivity contribution in [3.05, 3.63) is 35.4 Å². The van der Waals surface area contributed by atoms with Crippen LogP contribution in [0.2, 0.25) is 5.02 Å². The lowest BCUT2D eigenvalue weighted by Gasteiger charge is -2.23. The molecule has 126 valence electrons. The van der Waals surface area contributed by atoms with Gasteiger partial charge in [0.15, 0.2) is 11.5 Å². The molecule has 1 aromatic carbocycles. The van der Waals surface area contributed by atoms with E-state index < -0.39 is 0 Å². The lowest BCUT2D eigenvalue weighted by molar-refractivity contribution is -0.122. The van der Waals surface area contributed by atoms with Crippen LogP contribution in [-0.2, 0) is 11.3 Å². The Morgan fingerprint density at radius 2 is 2.30 bits per heavy atom. The first-order valence-corrected chi connectivity index (χ1v) is 8.16. The number of hydrogen-bond acceptors (Lipinski definition) is 4. The average Bonchev–Trinajstić information content (AvgIpc) is 2.95. The first-order valence-electron chi connectivity index (χ1n) is 7.79. The van der Waals surface area contributed by atoms with E-state index in [2.05, 4.69) is 11.5 Å². The number of nitrogens with zero attached hydrogens (tertiary/aromatic N) is 1. The highest BCUT2D eigenvalue weighted by Crippen LogP contribution is 2.37. The summed E-state index contributed by atoms with van der Waals surface area (Å²) in [7, 11) is 0. The van der Waals surface area contributed by atoms with E-state index in [0.29, 0.717) is 36.3 Å². The first kappa shape index (κ1) is 17.6. The number of likely N-dealkylation sites (tertiary alicyclic amines) is 1. The Bertz CT molecular complexity index is 577. The largest absolute Gasteiger partial charge is 0.490 e. The number of ether oxygens (including phenoxy) is 2. The van der Waals surface area contributed by atoms with Crippen LogP contribution in [0.25, 0.3) is 0 Å². The van der Waals surface area contributed by atoms with Crippen molar-refractivity contribution < 1.29 is 14.3 Å². The lowest BCUT2D eigenvalue weighted by Crippen LogP contribution is -2.39. The zero-order chi connectivity index (χ0) is 16.8. The average molecular weight is 339 g/mol. The maximum absolute atomic E-state index is 11.5. The molecule has 1 saturated heterocycles. The van der Waals surface area contributed by atoms with Gasteiger partial charge in [-0.15, -0.1) is 0 Å². The molecule has 1 aliphatic heterocycles. The number of nitrogens with two attached hydrogens (primary N) is 1. The minimum Gasteiger partial charge on any atom is -0.490 e. The van der Waals surface area contributed by atoms with Gasteiger partial charge in [-0.3, -0.25) is 9.69 Å². The standard InChI is InChI=1S/C17H23ClN2O3/c1-3-8-23-16-13(18)9-12(10-15(16)22-4-2)11-20-7-5-6-14(20)17(19)21/h3,9-10,14H,1,4-8,11H2,2H3,(H2,19,21)/t14-/m1/s1. The number of hydrogen-bond donors (Lipinski definition) is 1. The second-order valence-electron chi connectivity index (χ2n) is 5.47. The molecule has 5 nitrogen and oxygen atoms in total. The van der Waals surface area contributed by atoms with Gasteiger partial charge in [0.2, 0.25) is 5.91 Å². The second kappa shape index (κ2) is 8.22. The van der Waals surface area contributed by atoms with Gasteiger partial charge in [0, 0.05) is 6.54 Å². The van der Waals surface area contributed by atoms with Crippen molar-refractivity contribution in [3.8, 4) is 11.5 Å². The molecule has 23 heavy (non-hydrogen) atoms. The van der Waals surface area contributed by atoms with E-state index >= 15 is 0 Å². The van der Waals surface area contributed by atoms with E-state index in [1.165, 1.54) is 0 Å². The molecule has 0 spiro atoms. The van der Waals surface area contributed by atoms with Crippen molar-refractivity contribution in [2.75, 3.05) is 19.8 Å². The molecule has 1 heterocycles. The van der Waals surface area contributed by atoms with Gasteiger partial charge in [-0.2, -0.15) is 0 Å². The van der Waals surface area contributed by atoms with Gasteiger partial charge >= 0.3 is 0 Å². The summed E-state index contributed by atoms with van der Waals surface area (Å²) in [4.78, 5) is 13.6. The third kappa shape index (κ3) is 4.39. The van der Waals surface area contributed by atoms with Crippen LogP contribution >= 0.6 is 11.6 Å². The fourth-order valence-corrected chi connectivity index (χ4v) is 3.12. The van der Waals surface area contributed by atoms with Crippen LogP contribution in [0.1, 0.15) is 25.3 Å². The zero-order valence-electron chi connectivity index (χ0n) is 13.4. The van der Waals surface area contributed by atoms with Crippen LogP contribution in [0, 0.1) is 0 Å². The predicted molar refractivity (Wildman–Crippen MR) is 90.9 cm³/mol. The Kier molecular flexibility index (Phi) is 6.30. The van der Waals surface area contributed by atoms with Crippen LogP contribution in [0.3, 0.4) is 0 Å². The molecular formula is C17H23ClN2O3. The molecule has 2 N–H and O–H groups in total. The summed E-state index contributed by atoms with van der Waals surface area (Å²) in [5.74, 6) is 0.848. The third-order valence-electron chi connectivity index (χ3n) is 3.79. The summed E-state index contributed by atoms with van der Waals surface area (Å²) in [6, 6.07) is 3.55. The van der Waals surface area contributed by atoms with Crippen molar-refractivity contribution in [1.82, 2.24) is 4.90 Å². The van der Waals surface area contributed by atoms with E-state index in [4.69, 9.17) is 26.8 Å². The lowest BCUT2D eigenvalue weighted by atomic mass is 10.1. The quantitative estimate of drug-likeness (QED) is 0.740. The Morgan fingerprint density at radius 1 is 1.52 bits per heavy atom. The zero-order valence-corrected chi connectivity index (χ0v) is 14.1. The number of primary amides is 1. The van der Waals surface area contributed by atoms with Crippen LogP contribution in [-0.4, -0.2) is 36.6 Å². The maximum Gasteiger partial charge on any atom is 0.234 e. The Balaban J connectivity index is 2.22. The number of amides is 1. The van der Waals surface area contributed by atoms with Crippen molar-refractivity contribution in [3.63, 3.8) is 0 Å². The fourth-order valence-electron chi connectivity index (χ4n) is 2.83. The fraction of sp³-hybridized carbons (Fsp3) is 0.471. The second-order valence-corrected chi connectivity index (χ2v) is 5.88. The van der Waals surface area contributed by atoms with E-state index in [1.54, 1.807) is 6.08 Å². The number of halogens is 1. The Morgan fingerprint density at radius 3 is 2.96 bits per heavy atom. The molecule has 1 aliphatic rings. The summed E-state index contributed by atoms with van der Waals surface area (Å²) >= 11 is 6.34. The minimum absolute atomic E-state index is 0.207. The van der Waals surface area contributed by atoms with Gasteiger partial charge < -0.3 is 15.2 Å². The number of carbonyl (C=O) groups is 1. The highest BCUT2D eigenvalue weighted by molar-refractivity contribution is 6.32. The van der Waals surface area contributed by atoms with Crippen LogP contribution in [0.4, 0.5) is 0 Å². The molecule has 1 aromatic rings. The van der Waals surface area contributed by atoms with Gasteiger partial charge in [-0.25, -0.2) is 0 Å². The number of rotatable bonds is 8. The molecule has 1 atom stereocenters. The highest BCUT2D eigenvalue weighted by atomic mass is 35.5. The molecule has 0 bridgehead atoms. The van der Waals surface area contributed by atoms with E-state index in [1.807, 2.05) is 19.1 Å². The number of benzene rings is 1. The predicted octanol–water partition coefficient (Wildman–Crippen LogP) is 2.75. The molecule has 1 amide bonds. The van der Waals surface area contributed by atoms with Crippen molar-refractivity contribution in [1.29, 1.82) is 0 Å². The molecule has 0 aliphatic carbocycles. The normalized spacial score (nSPS) is 17.9. The third-order valence-corrected chi connectivity index (χ3v) is 4.07. The summed E-state index contributed by atoms with van der Waals surface area (Å²) in [6.07, 6.45) is 3.43. The Labute approximate surface area is 142 Å². The topological polar surface area (TPSA) is 64.8 Å². The SMILES string of the molecule is C=CCOc1c(Cl)cc(CN2CCC[C@@H]2C(N)=O)cc1OCC. The van der Waals surface area contributed by atoms with Crippen LogP contribution in [0.5, 0.6) is 11.5 Å². The van der Waals surface area contributed by atoms with Gasteiger partial charge in [-0.1, -0.05) is 24.3 Å². The van der Waals surface area contributed by atoms with Crippen molar-refractivity contribution in [2.45, 2.75) is 32.4 Å². The van der Waals surface area contributed by atoms with Crippen LogP contribution < -0.4 is 15.2 Å². The van der Waals surface area contributed by atoms with E-state index in [-0.39, 0.29) is 11.9 Å². The first-order chi connectivity index (χ1) is 11.1. The Hall–Kier alpha value is -1.72. The molecule has 2 rings (SSSR count). The molecular weight excluding hydrogens is 316 g/mol. The van der Waals surface area contributed by atoms with Gasteiger partial charge in [-0.05, 0) is 44.0 Å². The molecule has 0 radical (unpaired) electrons. The molecule has 0 saturated carbocycles. The molecule has 0 unspecified atom stereocenters. The smallest absolute Gasteiger partial charge is 0.234 e. The van der Waals surface area contributed by atoms with Crippen molar-refractivity contribution in [2.24, 2.45) is 5.73 Å². The van der Waals surface area contributed by atoms with Gasteiger partial charge in [0.25, 0.3) is 0 Å². The van der Waals surface area contributed by atoms with E-state index in [0.717, 1.165) is 24.9 Å². The maximum atomic E-state index is 11.5. The highest BCUT2D eigenvalue weighted by Gasteiger charge is 2.29. The summed E-state index contributed by atoms with van der Waals surface area (Å²) in [5, 5.41) is 0.489. The monoisotopic (exact) mass is 338 g/mol. The summed E-state index contributed by atoms with van der Waals surface area (Å²) < 4.78 is 11.2. The molecule has 6 heteroatoms. The summed E-state index contributed by atoms with van der Waals surface area (Å²) in [5.41, 5.74) is 6.44. The van der Waals surface area contributed by atoms with Crippen molar-refractivity contribution >= 4 is 17.5 Å². The molecule has 0 aromatic heterocycles.